The van der Waals surface area contributed by atoms with E-state index in [4.69, 9.17) is 9.84 Å². The number of anilines is 1. The Kier molecular flexibility index (Phi) is 5.68. The van der Waals surface area contributed by atoms with Crippen LogP contribution < -0.4 is 4.90 Å². The van der Waals surface area contributed by atoms with Gasteiger partial charge in [-0.2, -0.15) is 0 Å². The van der Waals surface area contributed by atoms with E-state index < -0.39 is 36.3 Å². The number of carbonyl (C=O) groups excluding carboxylic acids is 2. The van der Waals surface area contributed by atoms with E-state index in [0.29, 0.717) is 5.57 Å². The van der Waals surface area contributed by atoms with Crippen molar-refractivity contribution < 1.29 is 28.2 Å². The number of amides is 2. The molecule has 2 aromatic rings. The maximum absolute atomic E-state index is 14.8. The fourth-order valence-electron chi connectivity index (χ4n) is 3.77. The zero-order valence-corrected chi connectivity index (χ0v) is 16.8. The average Bonchev–Trinajstić information content (AvgIpc) is 3.32. The van der Waals surface area contributed by atoms with Crippen molar-refractivity contribution in [3.05, 3.63) is 47.3 Å². The van der Waals surface area contributed by atoms with E-state index in [-0.39, 0.29) is 43.9 Å². The maximum atomic E-state index is 14.8. The monoisotopic (exact) mass is 433 g/mol. The highest BCUT2D eigenvalue weighted by Gasteiger charge is 2.34. The highest BCUT2D eigenvalue weighted by molar-refractivity contribution is 5.90. The molecule has 2 amide bonds. The molecule has 11 heteroatoms. The third-order valence-corrected chi connectivity index (χ3v) is 5.27. The molecular weight excluding hydrogens is 412 g/mol. The molecule has 31 heavy (non-hydrogen) atoms. The molecule has 0 bridgehead atoms. The topological polar surface area (TPSA) is 101 Å². The number of aryl methyl sites for hydroxylation is 1. The highest BCUT2D eigenvalue weighted by atomic mass is 19.1. The normalized spacial score (nSPS) is 18.9. The summed E-state index contributed by atoms with van der Waals surface area (Å²) in [4.78, 5) is 26.4. The minimum absolute atomic E-state index is 0.0644. The molecule has 164 valence electrons. The Morgan fingerprint density at radius 3 is 2.65 bits per heavy atom. The summed E-state index contributed by atoms with van der Waals surface area (Å²) in [7, 11) is 0. The number of hydrogen-bond donors (Lipinski definition) is 1. The van der Waals surface area contributed by atoms with Crippen LogP contribution in [0.1, 0.15) is 17.7 Å². The predicted octanol–water partition coefficient (Wildman–Crippen LogP) is 1.50. The molecule has 1 atom stereocenters. The summed E-state index contributed by atoms with van der Waals surface area (Å²) in [5, 5.41) is 16.7. The lowest BCUT2D eigenvalue weighted by molar-refractivity contribution is -0.133. The van der Waals surface area contributed by atoms with Gasteiger partial charge in [0.05, 0.1) is 24.5 Å². The SMILES string of the molecule is Cc1cn(C[C@H]2CN(c3cc(F)c(C4=CCN(C(=O)CO)CC4)c(F)c3)C(=O)O2)nn1. The molecule has 0 radical (unpaired) electrons. The van der Waals surface area contributed by atoms with E-state index in [1.807, 2.05) is 0 Å². The minimum Gasteiger partial charge on any atom is -0.442 e. The highest BCUT2D eigenvalue weighted by Crippen LogP contribution is 2.32. The summed E-state index contributed by atoms with van der Waals surface area (Å²) < 4.78 is 36.5. The number of cyclic esters (lactones) is 1. The number of nitrogens with zero attached hydrogens (tertiary/aromatic N) is 5. The number of ether oxygens (including phenoxy) is 1. The van der Waals surface area contributed by atoms with Gasteiger partial charge in [-0.05, 0) is 31.1 Å². The van der Waals surface area contributed by atoms with Crippen molar-refractivity contribution in [3.8, 4) is 0 Å². The number of halogens is 2. The molecule has 0 aliphatic carbocycles. The zero-order chi connectivity index (χ0) is 22.1. The van der Waals surface area contributed by atoms with Crippen LogP contribution in [-0.4, -0.2) is 69.3 Å². The molecule has 0 unspecified atom stereocenters. The van der Waals surface area contributed by atoms with Crippen LogP contribution in [0.25, 0.3) is 5.57 Å². The van der Waals surface area contributed by atoms with Crippen molar-refractivity contribution in [3.63, 3.8) is 0 Å². The van der Waals surface area contributed by atoms with Crippen molar-refractivity contribution in [1.82, 2.24) is 19.9 Å². The van der Waals surface area contributed by atoms with Crippen LogP contribution in [0.5, 0.6) is 0 Å². The second kappa shape index (κ2) is 8.42. The van der Waals surface area contributed by atoms with Gasteiger partial charge in [0.15, 0.2) is 0 Å². The molecule has 1 aromatic carbocycles. The Balaban J connectivity index is 1.50. The lowest BCUT2D eigenvalue weighted by atomic mass is 9.97. The summed E-state index contributed by atoms with van der Waals surface area (Å²) in [6.07, 6.45) is 2.30. The van der Waals surface area contributed by atoms with Gasteiger partial charge in [-0.1, -0.05) is 11.3 Å². The summed E-state index contributed by atoms with van der Waals surface area (Å²) in [6.45, 7) is 2.00. The molecule has 1 N–H and O–H groups in total. The van der Waals surface area contributed by atoms with Crippen molar-refractivity contribution in [1.29, 1.82) is 0 Å². The summed E-state index contributed by atoms with van der Waals surface area (Å²) in [6, 6.07) is 2.21. The number of rotatable bonds is 5. The third kappa shape index (κ3) is 4.26. The first-order chi connectivity index (χ1) is 14.9. The van der Waals surface area contributed by atoms with E-state index in [2.05, 4.69) is 10.3 Å². The van der Waals surface area contributed by atoms with Crippen LogP contribution in [0.2, 0.25) is 0 Å². The summed E-state index contributed by atoms with van der Waals surface area (Å²) in [5.41, 5.74) is 1.05. The Hall–Kier alpha value is -3.34. The molecular formula is C20H21F2N5O4. The van der Waals surface area contributed by atoms with E-state index in [1.54, 1.807) is 23.9 Å². The largest absolute Gasteiger partial charge is 0.442 e. The molecule has 0 spiro atoms. The smallest absolute Gasteiger partial charge is 0.414 e. The van der Waals surface area contributed by atoms with Crippen LogP contribution >= 0.6 is 0 Å². The van der Waals surface area contributed by atoms with Crippen molar-refractivity contribution in [2.45, 2.75) is 26.0 Å². The van der Waals surface area contributed by atoms with Gasteiger partial charge in [0.1, 0.15) is 24.3 Å². The Labute approximate surface area is 176 Å². The quantitative estimate of drug-likeness (QED) is 0.767. The second-order valence-electron chi connectivity index (χ2n) is 7.46. The number of aromatic nitrogens is 3. The summed E-state index contributed by atoms with van der Waals surface area (Å²) in [5.74, 6) is -2.03. The van der Waals surface area contributed by atoms with Crippen LogP contribution in [0.4, 0.5) is 19.3 Å². The molecule has 9 nitrogen and oxygen atoms in total. The first-order valence-electron chi connectivity index (χ1n) is 9.77. The number of aliphatic hydroxyl groups is 1. The van der Waals surface area contributed by atoms with E-state index in [1.165, 1.54) is 9.80 Å². The van der Waals surface area contributed by atoms with Crippen molar-refractivity contribution >= 4 is 23.3 Å². The molecule has 1 fully saturated rings. The van der Waals surface area contributed by atoms with Gasteiger partial charge in [0.25, 0.3) is 0 Å². The van der Waals surface area contributed by atoms with Gasteiger partial charge >= 0.3 is 6.09 Å². The molecule has 3 heterocycles. The van der Waals surface area contributed by atoms with Gasteiger partial charge in [-0.25, -0.2) is 18.3 Å². The van der Waals surface area contributed by atoms with Crippen LogP contribution in [0.3, 0.4) is 0 Å². The second-order valence-corrected chi connectivity index (χ2v) is 7.46. The van der Waals surface area contributed by atoms with Crippen LogP contribution in [0, 0.1) is 18.6 Å². The predicted molar refractivity (Wildman–Crippen MR) is 105 cm³/mol. The molecule has 2 aliphatic heterocycles. The number of benzene rings is 1. The number of carbonyl (C=O) groups is 2. The van der Waals surface area contributed by atoms with Gasteiger partial charge in [0.2, 0.25) is 5.91 Å². The maximum Gasteiger partial charge on any atom is 0.414 e. The molecule has 2 aliphatic rings. The number of hydrogen-bond acceptors (Lipinski definition) is 6. The zero-order valence-electron chi connectivity index (χ0n) is 16.8. The fraction of sp³-hybridized carbons (Fsp3) is 0.400. The van der Waals surface area contributed by atoms with Crippen molar-refractivity contribution in [2.75, 3.05) is 31.1 Å². The van der Waals surface area contributed by atoms with E-state index in [0.717, 1.165) is 17.8 Å². The Bertz CT molecular complexity index is 1030. The summed E-state index contributed by atoms with van der Waals surface area (Å²) >= 11 is 0. The van der Waals surface area contributed by atoms with Crippen LogP contribution in [-0.2, 0) is 16.1 Å². The third-order valence-electron chi connectivity index (χ3n) is 5.27. The Morgan fingerprint density at radius 2 is 2.06 bits per heavy atom. The van der Waals surface area contributed by atoms with Gasteiger partial charge < -0.3 is 14.7 Å². The average molecular weight is 433 g/mol. The van der Waals surface area contributed by atoms with Gasteiger partial charge in [-0.15, -0.1) is 5.10 Å². The Morgan fingerprint density at radius 1 is 1.32 bits per heavy atom. The first-order valence-corrected chi connectivity index (χ1v) is 9.77. The minimum atomic E-state index is -0.800. The van der Waals surface area contributed by atoms with E-state index in [9.17, 15) is 18.4 Å². The van der Waals surface area contributed by atoms with Gasteiger partial charge in [0, 0.05) is 24.8 Å². The van der Waals surface area contributed by atoms with E-state index >= 15 is 0 Å². The lowest BCUT2D eigenvalue weighted by Gasteiger charge is -2.26. The first kappa shape index (κ1) is 20.9. The standard InChI is InChI=1S/C20H21F2N5O4/c1-12-8-26(24-23-12)9-15-10-27(20(30)31-15)14-6-16(21)19(17(22)7-14)13-2-4-25(5-3-13)18(29)11-28/h2,6-8,15,28H,3-5,9-11H2,1H3/t15-/m0/s1. The fourth-order valence-corrected chi connectivity index (χ4v) is 3.77. The number of aliphatic hydroxyl groups excluding tert-OH is 1. The van der Waals surface area contributed by atoms with Crippen LogP contribution in [0.15, 0.2) is 24.4 Å². The van der Waals surface area contributed by atoms with Crippen molar-refractivity contribution in [2.24, 2.45) is 0 Å². The molecule has 0 saturated carbocycles. The molecule has 1 saturated heterocycles. The van der Waals surface area contributed by atoms with Gasteiger partial charge in [-0.3, -0.25) is 9.69 Å². The lowest BCUT2D eigenvalue weighted by Crippen LogP contribution is -2.36. The molecule has 1 aromatic heterocycles. The molecule has 4 rings (SSSR count).